The fourth-order valence-corrected chi connectivity index (χ4v) is 7.48. The Morgan fingerprint density at radius 3 is 2.25 bits per heavy atom. The van der Waals surface area contributed by atoms with E-state index in [1.807, 2.05) is 18.2 Å². The van der Waals surface area contributed by atoms with Gasteiger partial charge in [0.1, 0.15) is 0 Å². The molecule has 2 aliphatic heterocycles. The van der Waals surface area contributed by atoms with E-state index in [4.69, 9.17) is 4.74 Å². The number of ether oxygens (including phenoxy) is 1. The number of nitrogens with one attached hydrogen (secondary N) is 2. The lowest BCUT2D eigenvalue weighted by Crippen LogP contribution is -2.51. The predicted octanol–water partition coefficient (Wildman–Crippen LogP) is 6.17. The Hall–Kier alpha value is -5.35. The maximum atomic E-state index is 13.9. The van der Waals surface area contributed by atoms with Crippen LogP contribution in [0.15, 0.2) is 85.1 Å². The van der Waals surface area contributed by atoms with Gasteiger partial charge in [0.2, 0.25) is 0 Å². The number of pyridine rings is 1. The highest BCUT2D eigenvalue weighted by Gasteiger charge is 2.30. The van der Waals surface area contributed by atoms with E-state index in [-0.39, 0.29) is 18.0 Å². The monoisotopic (exact) mass is 828 g/mol. The van der Waals surface area contributed by atoms with Crippen LogP contribution in [0.5, 0.6) is 0 Å². The standard InChI is InChI=1S/C45H55F3N8O4/c1-52(25-26-60-3)32-55-23-21-54(22-24-55)20-19-53(2)44(59)36-11-8-10-34(28-36)43(58)51-40-14-13-38(56-17-5-4-6-18-56)30-39(40)41-29-35(15-16-49-41)42(57)50-31-33-9-7-12-37(27-33)45(46,47)48/h7-16,27-30H,4-6,17-26,31-32H2,1-3H3,(H,50,57)(H,51,58). The van der Waals surface area contributed by atoms with Crippen LogP contribution in [0.3, 0.4) is 0 Å². The van der Waals surface area contributed by atoms with Gasteiger partial charge >= 0.3 is 6.18 Å². The van der Waals surface area contributed by atoms with Crippen molar-refractivity contribution in [1.29, 1.82) is 0 Å². The Kier molecular flexibility index (Phi) is 15.3. The highest BCUT2D eigenvalue weighted by atomic mass is 19.4. The molecule has 0 saturated carbocycles. The second-order valence-corrected chi connectivity index (χ2v) is 15.5. The Labute approximate surface area is 350 Å². The topological polar surface area (TPSA) is 114 Å². The zero-order valence-electron chi connectivity index (χ0n) is 34.6. The average Bonchev–Trinajstić information content (AvgIpc) is 3.27. The number of likely N-dealkylation sites (N-methyl/N-ethyl adjacent to an activating group) is 2. The molecule has 1 aromatic heterocycles. The summed E-state index contributed by atoms with van der Waals surface area (Å²) in [6.07, 6.45) is 0.265. The lowest BCUT2D eigenvalue weighted by molar-refractivity contribution is -0.137. The van der Waals surface area contributed by atoms with Gasteiger partial charge in [-0.05, 0) is 92.5 Å². The number of piperidine rings is 1. The van der Waals surface area contributed by atoms with Crippen LogP contribution >= 0.6 is 0 Å². The van der Waals surface area contributed by atoms with Crippen LogP contribution in [0.25, 0.3) is 11.3 Å². The summed E-state index contributed by atoms with van der Waals surface area (Å²) in [5.41, 5.74) is 2.92. The molecule has 2 N–H and O–H groups in total. The van der Waals surface area contributed by atoms with E-state index in [0.717, 1.165) is 96.1 Å². The summed E-state index contributed by atoms with van der Waals surface area (Å²) in [6.45, 7) is 9.21. The van der Waals surface area contributed by atoms with Crippen LogP contribution in [0, 0.1) is 0 Å². The number of halogens is 3. The highest BCUT2D eigenvalue weighted by molar-refractivity contribution is 6.08. The minimum Gasteiger partial charge on any atom is -0.383 e. The second kappa shape index (κ2) is 20.8. The number of nitrogens with zero attached hydrogens (tertiary/aromatic N) is 6. The van der Waals surface area contributed by atoms with Crippen LogP contribution in [0.1, 0.15) is 61.5 Å². The summed E-state index contributed by atoms with van der Waals surface area (Å²) in [5, 5.41) is 5.73. The van der Waals surface area contributed by atoms with Gasteiger partial charge in [-0.3, -0.25) is 34.1 Å². The highest BCUT2D eigenvalue weighted by Crippen LogP contribution is 2.34. The van der Waals surface area contributed by atoms with Crippen molar-refractivity contribution in [3.63, 3.8) is 0 Å². The number of aromatic nitrogens is 1. The molecule has 0 unspecified atom stereocenters. The van der Waals surface area contributed by atoms with Gasteiger partial charge in [-0.15, -0.1) is 0 Å². The number of anilines is 2. The first-order valence-electron chi connectivity index (χ1n) is 20.5. The number of hydrogen-bond donors (Lipinski definition) is 2. The molecule has 3 amide bonds. The predicted molar refractivity (Wildman–Crippen MR) is 227 cm³/mol. The van der Waals surface area contributed by atoms with Gasteiger partial charge in [0.15, 0.2) is 0 Å². The molecule has 0 atom stereocenters. The smallest absolute Gasteiger partial charge is 0.383 e. The van der Waals surface area contributed by atoms with Gasteiger partial charge in [-0.2, -0.15) is 13.2 Å². The summed E-state index contributed by atoms with van der Waals surface area (Å²) < 4.78 is 45.0. The largest absolute Gasteiger partial charge is 0.416 e. The number of carbonyl (C=O) groups excluding carboxylic acids is 3. The third-order valence-electron chi connectivity index (χ3n) is 11.0. The van der Waals surface area contributed by atoms with E-state index in [2.05, 4.69) is 42.3 Å². The molecule has 320 valence electrons. The minimum atomic E-state index is -4.49. The molecule has 2 saturated heterocycles. The van der Waals surface area contributed by atoms with E-state index in [9.17, 15) is 27.6 Å². The molecule has 2 aliphatic rings. The molecular weight excluding hydrogens is 774 g/mol. The summed E-state index contributed by atoms with van der Waals surface area (Å²) >= 11 is 0. The molecular formula is C45H55F3N8O4. The molecule has 0 bridgehead atoms. The van der Waals surface area contributed by atoms with Gasteiger partial charge in [-0.25, -0.2) is 0 Å². The first-order valence-corrected chi connectivity index (χ1v) is 20.5. The first kappa shape index (κ1) is 44.2. The number of hydrogen-bond acceptors (Lipinski definition) is 9. The van der Waals surface area contributed by atoms with Crippen LogP contribution in [0.2, 0.25) is 0 Å². The summed E-state index contributed by atoms with van der Waals surface area (Å²) in [6, 6.07) is 20.3. The van der Waals surface area contributed by atoms with Crippen molar-refractivity contribution in [2.45, 2.75) is 32.0 Å². The molecule has 2 fully saturated rings. The summed E-state index contributed by atoms with van der Waals surface area (Å²) in [5.74, 6) is -1.08. The third-order valence-corrected chi connectivity index (χ3v) is 11.0. The molecule has 4 aromatic rings. The van der Waals surface area contributed by atoms with E-state index in [0.29, 0.717) is 46.8 Å². The van der Waals surface area contributed by atoms with Gasteiger partial charge in [0.05, 0.1) is 30.2 Å². The van der Waals surface area contributed by atoms with E-state index >= 15 is 0 Å². The van der Waals surface area contributed by atoms with Crippen molar-refractivity contribution < 1.29 is 32.3 Å². The van der Waals surface area contributed by atoms with Crippen molar-refractivity contribution in [1.82, 2.24) is 29.9 Å². The molecule has 3 aromatic carbocycles. The van der Waals surface area contributed by atoms with Crippen molar-refractivity contribution in [3.05, 3.63) is 113 Å². The maximum absolute atomic E-state index is 13.9. The zero-order chi connectivity index (χ0) is 42.6. The number of alkyl halides is 3. The third kappa shape index (κ3) is 12.1. The summed E-state index contributed by atoms with van der Waals surface area (Å²) in [7, 11) is 5.58. The van der Waals surface area contributed by atoms with Crippen LogP contribution in [0.4, 0.5) is 24.5 Å². The lowest BCUT2D eigenvalue weighted by atomic mass is 10.0. The van der Waals surface area contributed by atoms with Gasteiger partial charge in [0, 0.05) is 114 Å². The zero-order valence-corrected chi connectivity index (χ0v) is 34.6. The number of benzene rings is 3. The Balaban J connectivity index is 1.12. The van der Waals surface area contributed by atoms with Gasteiger partial charge in [-0.1, -0.05) is 18.2 Å². The normalized spacial score (nSPS) is 15.2. The van der Waals surface area contributed by atoms with Gasteiger partial charge in [0.25, 0.3) is 17.7 Å². The molecule has 0 radical (unpaired) electrons. The summed E-state index contributed by atoms with van der Waals surface area (Å²) in [4.78, 5) is 56.3. The van der Waals surface area contributed by atoms with Crippen molar-refractivity contribution in [3.8, 4) is 11.3 Å². The Bertz CT molecular complexity index is 2090. The number of piperazine rings is 1. The molecule has 0 spiro atoms. The first-order chi connectivity index (χ1) is 28.9. The van der Waals surface area contributed by atoms with E-state index < -0.39 is 23.6 Å². The molecule has 15 heteroatoms. The SMILES string of the molecule is COCCN(C)CN1CCN(CCN(C)C(=O)c2cccc(C(=O)Nc3ccc(N4CCCCC4)cc3-c3cc(C(=O)NCc4cccc(C(F)(F)F)c4)ccn3)c2)CC1. The molecule has 12 nitrogen and oxygen atoms in total. The molecule has 6 rings (SSSR count). The van der Waals surface area contributed by atoms with Gasteiger partial charge < -0.3 is 25.2 Å². The van der Waals surface area contributed by atoms with Crippen LogP contribution in [-0.2, 0) is 17.5 Å². The van der Waals surface area contributed by atoms with Crippen LogP contribution < -0.4 is 15.5 Å². The molecule has 3 heterocycles. The minimum absolute atomic E-state index is 0.102. The second-order valence-electron chi connectivity index (χ2n) is 15.5. The quantitative estimate of drug-likeness (QED) is 0.137. The maximum Gasteiger partial charge on any atom is 0.416 e. The number of amides is 3. The molecule has 60 heavy (non-hydrogen) atoms. The Morgan fingerprint density at radius 2 is 1.50 bits per heavy atom. The van der Waals surface area contributed by atoms with Crippen LogP contribution in [-0.4, -0.2) is 136 Å². The lowest BCUT2D eigenvalue weighted by Gasteiger charge is -2.37. The number of methoxy groups -OCH3 is 1. The number of carbonyl (C=O) groups is 3. The fourth-order valence-electron chi connectivity index (χ4n) is 7.48. The van der Waals surface area contributed by atoms with E-state index in [1.54, 1.807) is 49.4 Å². The van der Waals surface area contributed by atoms with Crippen molar-refractivity contribution in [2.24, 2.45) is 0 Å². The van der Waals surface area contributed by atoms with Crippen molar-refractivity contribution in [2.75, 3.05) is 104 Å². The number of rotatable bonds is 16. The van der Waals surface area contributed by atoms with E-state index in [1.165, 1.54) is 24.4 Å². The molecule has 0 aliphatic carbocycles. The van der Waals surface area contributed by atoms with Crippen molar-refractivity contribution >= 4 is 29.1 Å². The average molecular weight is 829 g/mol. The Morgan fingerprint density at radius 1 is 0.783 bits per heavy atom. The fraction of sp³-hybridized carbons (Fsp3) is 0.422.